The maximum Gasteiger partial charge on any atom is 0.319 e. The van der Waals surface area contributed by atoms with Crippen molar-refractivity contribution in [2.24, 2.45) is 0 Å². The number of nitrogens with zero attached hydrogens (tertiary/aromatic N) is 1. The SMILES string of the molecule is CCC(NC(=O)Nc1ccc2c(c1)C(=O)N(C(C)C)C2=O)c1ccc2c(c1)CCCC2. The van der Waals surface area contributed by atoms with Gasteiger partial charge in [-0.05, 0) is 80.8 Å². The lowest BCUT2D eigenvalue weighted by Crippen LogP contribution is -2.35. The van der Waals surface area contributed by atoms with Crippen LogP contribution in [0, 0.1) is 0 Å². The van der Waals surface area contributed by atoms with Crippen molar-refractivity contribution in [2.45, 2.75) is 65.0 Å². The van der Waals surface area contributed by atoms with E-state index in [0.29, 0.717) is 16.8 Å². The Morgan fingerprint density at radius 2 is 1.68 bits per heavy atom. The fourth-order valence-electron chi connectivity index (χ4n) is 4.52. The summed E-state index contributed by atoms with van der Waals surface area (Å²) in [5.74, 6) is -0.607. The van der Waals surface area contributed by atoms with Crippen LogP contribution in [0.1, 0.15) is 83.5 Å². The monoisotopic (exact) mass is 419 g/mol. The van der Waals surface area contributed by atoms with Gasteiger partial charge in [-0.1, -0.05) is 25.1 Å². The molecule has 6 nitrogen and oxygen atoms in total. The van der Waals surface area contributed by atoms with Gasteiger partial charge in [0.25, 0.3) is 11.8 Å². The molecule has 2 aromatic rings. The van der Waals surface area contributed by atoms with E-state index in [-0.39, 0.29) is 29.9 Å². The topological polar surface area (TPSA) is 78.5 Å². The van der Waals surface area contributed by atoms with Crippen LogP contribution in [0.3, 0.4) is 0 Å². The second kappa shape index (κ2) is 8.53. The number of carbonyl (C=O) groups excluding carboxylic acids is 3. The summed E-state index contributed by atoms with van der Waals surface area (Å²) in [5, 5.41) is 5.86. The van der Waals surface area contributed by atoms with Gasteiger partial charge >= 0.3 is 6.03 Å². The molecule has 1 heterocycles. The number of hydrogen-bond acceptors (Lipinski definition) is 3. The first-order valence-corrected chi connectivity index (χ1v) is 11.1. The summed E-state index contributed by atoms with van der Waals surface area (Å²) in [6.07, 6.45) is 5.46. The zero-order valence-corrected chi connectivity index (χ0v) is 18.3. The van der Waals surface area contributed by atoms with Crippen molar-refractivity contribution in [3.8, 4) is 0 Å². The molecule has 0 fully saturated rings. The molecule has 0 saturated carbocycles. The molecule has 2 N–H and O–H groups in total. The second-order valence-corrected chi connectivity index (χ2v) is 8.63. The number of aryl methyl sites for hydroxylation is 2. The second-order valence-electron chi connectivity index (χ2n) is 8.63. The number of rotatable bonds is 5. The van der Waals surface area contributed by atoms with Crippen molar-refractivity contribution in [3.63, 3.8) is 0 Å². The lowest BCUT2D eigenvalue weighted by molar-refractivity contribution is 0.0609. The molecule has 2 aromatic carbocycles. The minimum Gasteiger partial charge on any atom is -0.331 e. The Balaban J connectivity index is 1.47. The Labute approximate surface area is 183 Å². The van der Waals surface area contributed by atoms with Gasteiger partial charge in [0.1, 0.15) is 0 Å². The molecule has 2 aliphatic rings. The molecule has 4 rings (SSSR count). The molecule has 0 radical (unpaired) electrons. The van der Waals surface area contributed by atoms with E-state index >= 15 is 0 Å². The number of anilines is 1. The summed E-state index contributed by atoms with van der Waals surface area (Å²) in [6.45, 7) is 5.66. The highest BCUT2D eigenvalue weighted by atomic mass is 16.2. The molecule has 1 aliphatic heterocycles. The molecule has 1 aliphatic carbocycles. The standard InChI is InChI=1S/C25H29N3O3/c1-4-22(18-10-9-16-7-5-6-8-17(16)13-18)27-25(31)26-19-11-12-20-21(14-19)24(30)28(15(2)3)23(20)29/h9-15,22H,4-8H2,1-3H3,(H2,26,27,31). The lowest BCUT2D eigenvalue weighted by Gasteiger charge is -2.22. The van der Waals surface area contributed by atoms with Crippen LogP contribution in [0.2, 0.25) is 0 Å². The zero-order valence-electron chi connectivity index (χ0n) is 18.3. The Morgan fingerprint density at radius 1 is 0.968 bits per heavy atom. The summed E-state index contributed by atoms with van der Waals surface area (Å²) >= 11 is 0. The zero-order chi connectivity index (χ0) is 22.1. The summed E-state index contributed by atoms with van der Waals surface area (Å²) in [7, 11) is 0. The van der Waals surface area contributed by atoms with Crippen LogP contribution >= 0.6 is 0 Å². The van der Waals surface area contributed by atoms with Gasteiger partial charge < -0.3 is 10.6 Å². The minimum absolute atomic E-state index is 0.0960. The smallest absolute Gasteiger partial charge is 0.319 e. The minimum atomic E-state index is -0.331. The van der Waals surface area contributed by atoms with E-state index < -0.39 is 0 Å². The van der Waals surface area contributed by atoms with Crippen LogP contribution in [-0.4, -0.2) is 28.8 Å². The summed E-state index contributed by atoms with van der Waals surface area (Å²) in [6, 6.07) is 10.7. The van der Waals surface area contributed by atoms with Crippen molar-refractivity contribution in [1.29, 1.82) is 0 Å². The predicted octanol–water partition coefficient (Wildman–Crippen LogP) is 4.84. The molecule has 0 saturated heterocycles. The van der Waals surface area contributed by atoms with Crippen LogP contribution in [0.25, 0.3) is 0 Å². The molecule has 1 unspecified atom stereocenters. The van der Waals surface area contributed by atoms with E-state index in [0.717, 1.165) is 24.8 Å². The lowest BCUT2D eigenvalue weighted by atomic mass is 9.89. The average Bonchev–Trinajstić information content (AvgIpc) is 3.01. The van der Waals surface area contributed by atoms with Gasteiger partial charge in [-0.25, -0.2) is 4.79 Å². The normalized spacial score (nSPS) is 16.2. The quantitative estimate of drug-likeness (QED) is 0.681. The predicted molar refractivity (Wildman–Crippen MR) is 120 cm³/mol. The number of benzene rings is 2. The van der Waals surface area contributed by atoms with Crippen LogP contribution in [0.15, 0.2) is 36.4 Å². The van der Waals surface area contributed by atoms with Crippen LogP contribution in [-0.2, 0) is 12.8 Å². The largest absolute Gasteiger partial charge is 0.331 e. The maximum absolute atomic E-state index is 12.7. The number of urea groups is 1. The van der Waals surface area contributed by atoms with Crippen molar-refractivity contribution >= 4 is 23.5 Å². The molecule has 4 amide bonds. The van der Waals surface area contributed by atoms with E-state index in [9.17, 15) is 14.4 Å². The van der Waals surface area contributed by atoms with Gasteiger partial charge in [-0.2, -0.15) is 0 Å². The maximum atomic E-state index is 12.7. The van der Waals surface area contributed by atoms with Crippen molar-refractivity contribution < 1.29 is 14.4 Å². The van der Waals surface area contributed by atoms with E-state index in [1.54, 1.807) is 32.0 Å². The van der Waals surface area contributed by atoms with Gasteiger partial charge in [-0.3, -0.25) is 14.5 Å². The first kappa shape index (κ1) is 21.1. The van der Waals surface area contributed by atoms with E-state index in [2.05, 4.69) is 28.8 Å². The summed E-state index contributed by atoms with van der Waals surface area (Å²) in [5.41, 5.74) is 5.12. The van der Waals surface area contributed by atoms with Gasteiger partial charge in [-0.15, -0.1) is 0 Å². The van der Waals surface area contributed by atoms with Gasteiger partial charge in [0.05, 0.1) is 17.2 Å². The Bertz CT molecular complexity index is 1040. The van der Waals surface area contributed by atoms with Crippen molar-refractivity contribution in [1.82, 2.24) is 10.2 Å². The van der Waals surface area contributed by atoms with Crippen molar-refractivity contribution in [3.05, 3.63) is 64.2 Å². The number of hydrogen-bond donors (Lipinski definition) is 2. The first-order chi connectivity index (χ1) is 14.9. The molecule has 162 valence electrons. The van der Waals surface area contributed by atoms with Crippen molar-refractivity contribution in [2.75, 3.05) is 5.32 Å². The Morgan fingerprint density at radius 3 is 2.39 bits per heavy atom. The van der Waals surface area contributed by atoms with Gasteiger partial charge in [0.2, 0.25) is 0 Å². The fraction of sp³-hybridized carbons (Fsp3) is 0.400. The molecule has 6 heteroatoms. The van der Waals surface area contributed by atoms with Gasteiger partial charge in [0, 0.05) is 11.7 Å². The Kier molecular flexibility index (Phi) is 5.81. The first-order valence-electron chi connectivity index (χ1n) is 11.1. The number of nitrogens with one attached hydrogen (secondary N) is 2. The van der Waals surface area contributed by atoms with Crippen LogP contribution in [0.5, 0.6) is 0 Å². The third kappa shape index (κ3) is 4.07. The average molecular weight is 420 g/mol. The summed E-state index contributed by atoms with van der Waals surface area (Å²) < 4.78 is 0. The highest BCUT2D eigenvalue weighted by molar-refractivity contribution is 6.22. The third-order valence-electron chi connectivity index (χ3n) is 6.18. The molecule has 0 bridgehead atoms. The van der Waals surface area contributed by atoms with Crippen LogP contribution in [0.4, 0.5) is 10.5 Å². The van der Waals surface area contributed by atoms with Crippen LogP contribution < -0.4 is 10.6 Å². The summed E-state index contributed by atoms with van der Waals surface area (Å²) in [4.78, 5) is 38.9. The number of imide groups is 1. The molecule has 0 aromatic heterocycles. The van der Waals surface area contributed by atoms with E-state index in [1.807, 2.05) is 6.92 Å². The number of amides is 4. The Hall–Kier alpha value is -3.15. The molecule has 31 heavy (non-hydrogen) atoms. The molecule has 0 spiro atoms. The fourth-order valence-corrected chi connectivity index (χ4v) is 4.52. The highest BCUT2D eigenvalue weighted by Gasteiger charge is 2.37. The number of fused-ring (bicyclic) bond motifs is 2. The van der Waals surface area contributed by atoms with Gasteiger partial charge in [0.15, 0.2) is 0 Å². The van der Waals surface area contributed by atoms with E-state index in [4.69, 9.17) is 0 Å². The molecular weight excluding hydrogens is 390 g/mol. The molecule has 1 atom stereocenters. The molecular formula is C25H29N3O3. The third-order valence-corrected chi connectivity index (χ3v) is 6.18. The number of carbonyl (C=O) groups is 3. The highest BCUT2D eigenvalue weighted by Crippen LogP contribution is 2.28. The van der Waals surface area contributed by atoms with E-state index in [1.165, 1.54) is 28.9 Å².